The van der Waals surface area contributed by atoms with Gasteiger partial charge in [0.25, 0.3) is 0 Å². The number of carbonyl (C=O) groups excluding carboxylic acids is 1. The van der Waals surface area contributed by atoms with Gasteiger partial charge in [0.05, 0.1) is 5.41 Å². The van der Waals surface area contributed by atoms with Gasteiger partial charge in [-0.1, -0.05) is 12.8 Å². The van der Waals surface area contributed by atoms with E-state index >= 15 is 0 Å². The number of nitrogens with one attached hydrogen (secondary N) is 1. The molecule has 92 valence electrons. The minimum Gasteiger partial charge on any atom is -0.481 e. The molecule has 16 heavy (non-hydrogen) atoms. The summed E-state index contributed by atoms with van der Waals surface area (Å²) in [7, 11) is 0. The summed E-state index contributed by atoms with van der Waals surface area (Å²) in [6, 6.07) is -0.190. The second-order valence-corrected chi connectivity index (χ2v) is 4.75. The smallest absolute Gasteiger partial charge is 0.311 e. The Labute approximate surface area is 95.4 Å². The Morgan fingerprint density at radius 3 is 2.44 bits per heavy atom. The third-order valence-corrected chi connectivity index (χ3v) is 3.15. The maximum absolute atomic E-state index is 11.4. The summed E-state index contributed by atoms with van der Waals surface area (Å²) >= 11 is 0. The van der Waals surface area contributed by atoms with Crippen molar-refractivity contribution in [2.75, 3.05) is 6.54 Å². The Morgan fingerprint density at radius 1 is 1.44 bits per heavy atom. The molecule has 0 aromatic heterocycles. The minimum absolute atomic E-state index is 0.164. The molecule has 0 spiro atoms. The van der Waals surface area contributed by atoms with E-state index < -0.39 is 11.4 Å². The van der Waals surface area contributed by atoms with Crippen LogP contribution in [0.3, 0.4) is 0 Å². The van der Waals surface area contributed by atoms with Gasteiger partial charge in [-0.3, -0.25) is 9.59 Å². The molecule has 0 aromatic carbocycles. The van der Waals surface area contributed by atoms with Gasteiger partial charge < -0.3 is 16.2 Å². The number of nitrogens with two attached hydrogens (primary N) is 1. The molecule has 1 amide bonds. The number of hydrogen-bond donors (Lipinski definition) is 3. The molecule has 1 rings (SSSR count). The Bertz CT molecular complexity index is 270. The van der Waals surface area contributed by atoms with E-state index in [1.165, 1.54) is 0 Å². The first-order chi connectivity index (χ1) is 7.46. The van der Waals surface area contributed by atoms with Crippen LogP contribution in [0.2, 0.25) is 0 Å². The van der Waals surface area contributed by atoms with Crippen LogP contribution in [0, 0.1) is 5.41 Å². The molecule has 5 heteroatoms. The predicted molar refractivity (Wildman–Crippen MR) is 59.8 cm³/mol. The maximum atomic E-state index is 11.4. The van der Waals surface area contributed by atoms with Crippen LogP contribution in [0.15, 0.2) is 0 Å². The van der Waals surface area contributed by atoms with Crippen molar-refractivity contribution < 1.29 is 14.7 Å². The lowest BCUT2D eigenvalue weighted by atomic mass is 9.86. The fourth-order valence-electron chi connectivity index (χ4n) is 2.15. The fourth-order valence-corrected chi connectivity index (χ4v) is 2.15. The van der Waals surface area contributed by atoms with Gasteiger partial charge in [0.1, 0.15) is 0 Å². The fraction of sp³-hybridized carbons (Fsp3) is 0.818. The second-order valence-electron chi connectivity index (χ2n) is 4.75. The molecule has 0 bridgehead atoms. The van der Waals surface area contributed by atoms with Gasteiger partial charge in [-0.05, 0) is 19.8 Å². The number of carbonyl (C=O) groups is 2. The molecule has 0 aromatic rings. The number of aliphatic carboxylic acids is 1. The van der Waals surface area contributed by atoms with Gasteiger partial charge in [0, 0.05) is 19.0 Å². The molecule has 0 saturated heterocycles. The van der Waals surface area contributed by atoms with Crippen LogP contribution in [0.4, 0.5) is 0 Å². The molecule has 1 fully saturated rings. The van der Waals surface area contributed by atoms with Crippen LogP contribution < -0.4 is 11.1 Å². The van der Waals surface area contributed by atoms with Crippen molar-refractivity contribution in [1.82, 2.24) is 5.32 Å². The quantitative estimate of drug-likeness (QED) is 0.638. The molecule has 1 saturated carbocycles. The van der Waals surface area contributed by atoms with E-state index in [1.807, 2.05) is 0 Å². The van der Waals surface area contributed by atoms with E-state index in [0.717, 1.165) is 12.8 Å². The van der Waals surface area contributed by atoms with Gasteiger partial charge >= 0.3 is 5.97 Å². The van der Waals surface area contributed by atoms with Gasteiger partial charge in [-0.15, -0.1) is 0 Å². The SMILES string of the molecule is CC(N)CC(=O)NCC1(C(=O)O)CCCC1. The summed E-state index contributed by atoms with van der Waals surface area (Å²) in [5.41, 5.74) is 4.75. The summed E-state index contributed by atoms with van der Waals surface area (Å²) in [4.78, 5) is 22.6. The molecule has 0 heterocycles. The molecular weight excluding hydrogens is 208 g/mol. The van der Waals surface area contributed by atoms with Crippen molar-refractivity contribution in [2.45, 2.75) is 45.1 Å². The van der Waals surface area contributed by atoms with E-state index in [1.54, 1.807) is 6.92 Å². The zero-order chi connectivity index (χ0) is 12.2. The van der Waals surface area contributed by atoms with E-state index in [9.17, 15) is 14.7 Å². The topological polar surface area (TPSA) is 92.4 Å². The zero-order valence-corrected chi connectivity index (χ0v) is 9.66. The van der Waals surface area contributed by atoms with Crippen molar-refractivity contribution in [3.63, 3.8) is 0 Å². The minimum atomic E-state index is -0.800. The van der Waals surface area contributed by atoms with Crippen molar-refractivity contribution >= 4 is 11.9 Å². The summed E-state index contributed by atoms with van der Waals surface area (Å²) in [5.74, 6) is -0.964. The summed E-state index contributed by atoms with van der Waals surface area (Å²) < 4.78 is 0. The molecule has 0 radical (unpaired) electrons. The second kappa shape index (κ2) is 5.30. The lowest BCUT2D eigenvalue weighted by Gasteiger charge is -2.24. The summed E-state index contributed by atoms with van der Waals surface area (Å²) in [6.07, 6.45) is 3.40. The Kier molecular flexibility index (Phi) is 4.29. The predicted octanol–water partition coefficient (Wildman–Crippen LogP) is 0.485. The number of amides is 1. The average molecular weight is 228 g/mol. The summed E-state index contributed by atoms with van der Waals surface area (Å²) in [6.45, 7) is 1.98. The van der Waals surface area contributed by atoms with Crippen molar-refractivity contribution in [1.29, 1.82) is 0 Å². The first-order valence-electron chi connectivity index (χ1n) is 5.72. The maximum Gasteiger partial charge on any atom is 0.311 e. The van der Waals surface area contributed by atoms with E-state index in [-0.39, 0.29) is 24.9 Å². The van der Waals surface area contributed by atoms with E-state index in [4.69, 9.17) is 5.73 Å². The first-order valence-corrected chi connectivity index (χ1v) is 5.72. The van der Waals surface area contributed by atoms with Crippen molar-refractivity contribution in [3.05, 3.63) is 0 Å². The molecule has 1 aliphatic rings. The van der Waals surface area contributed by atoms with Gasteiger partial charge in [0.15, 0.2) is 0 Å². The normalized spacial score (nSPS) is 20.4. The molecular formula is C11H20N2O3. The van der Waals surface area contributed by atoms with Crippen LogP contribution >= 0.6 is 0 Å². The van der Waals surface area contributed by atoms with Crippen LogP contribution in [-0.4, -0.2) is 29.6 Å². The monoisotopic (exact) mass is 228 g/mol. The Hall–Kier alpha value is -1.10. The van der Waals surface area contributed by atoms with Crippen molar-refractivity contribution in [2.24, 2.45) is 11.1 Å². The number of carboxylic acid groups (broad SMARTS) is 1. The van der Waals surface area contributed by atoms with Gasteiger partial charge in [0.2, 0.25) is 5.91 Å². The molecule has 1 atom stereocenters. The highest BCUT2D eigenvalue weighted by molar-refractivity contribution is 5.79. The van der Waals surface area contributed by atoms with Crippen LogP contribution in [0.1, 0.15) is 39.0 Å². The highest BCUT2D eigenvalue weighted by Crippen LogP contribution is 2.37. The van der Waals surface area contributed by atoms with Crippen molar-refractivity contribution in [3.8, 4) is 0 Å². The standard InChI is InChI=1S/C11H20N2O3/c1-8(12)6-9(14)13-7-11(10(15)16)4-2-3-5-11/h8H,2-7,12H2,1H3,(H,13,14)(H,15,16). The lowest BCUT2D eigenvalue weighted by molar-refractivity contribution is -0.148. The van der Waals surface area contributed by atoms with Gasteiger partial charge in [-0.2, -0.15) is 0 Å². The number of rotatable bonds is 5. The van der Waals surface area contributed by atoms with Crippen LogP contribution in [0.25, 0.3) is 0 Å². The number of hydrogen-bond acceptors (Lipinski definition) is 3. The average Bonchev–Trinajstić information content (AvgIpc) is 2.63. The number of carboxylic acids is 1. The summed E-state index contributed by atoms with van der Waals surface area (Å²) in [5, 5.41) is 11.9. The largest absolute Gasteiger partial charge is 0.481 e. The van der Waals surface area contributed by atoms with E-state index in [2.05, 4.69) is 5.32 Å². The van der Waals surface area contributed by atoms with Crippen LogP contribution in [-0.2, 0) is 9.59 Å². The third kappa shape index (κ3) is 3.20. The highest BCUT2D eigenvalue weighted by Gasteiger charge is 2.41. The molecule has 5 nitrogen and oxygen atoms in total. The Balaban J connectivity index is 2.45. The van der Waals surface area contributed by atoms with Gasteiger partial charge in [-0.25, -0.2) is 0 Å². The van der Waals surface area contributed by atoms with Crippen LogP contribution in [0.5, 0.6) is 0 Å². The molecule has 1 unspecified atom stereocenters. The first kappa shape index (κ1) is 13.0. The molecule has 4 N–H and O–H groups in total. The third-order valence-electron chi connectivity index (χ3n) is 3.15. The lowest BCUT2D eigenvalue weighted by Crippen LogP contribution is -2.42. The Morgan fingerprint density at radius 2 is 2.00 bits per heavy atom. The molecule has 1 aliphatic carbocycles. The zero-order valence-electron chi connectivity index (χ0n) is 9.66. The van der Waals surface area contributed by atoms with E-state index in [0.29, 0.717) is 12.8 Å². The highest BCUT2D eigenvalue weighted by atomic mass is 16.4. The molecule has 0 aliphatic heterocycles.